The van der Waals surface area contributed by atoms with Crippen LogP contribution >= 0.6 is 0 Å². The van der Waals surface area contributed by atoms with E-state index in [0.717, 1.165) is 24.0 Å². The number of ether oxygens (including phenoxy) is 1. The molecule has 1 saturated heterocycles. The number of anilines is 1. The highest BCUT2D eigenvalue weighted by Crippen LogP contribution is 2.23. The van der Waals surface area contributed by atoms with Crippen LogP contribution in [0.5, 0.6) is 5.88 Å². The number of fused-ring (bicyclic) bond motifs is 1. The van der Waals surface area contributed by atoms with Crippen molar-refractivity contribution in [1.29, 1.82) is 0 Å². The van der Waals surface area contributed by atoms with Crippen LogP contribution in [0.15, 0.2) is 61.1 Å². The average Bonchev–Trinajstić information content (AvgIpc) is 2.78. The molecule has 0 atom stereocenters. The Labute approximate surface area is 182 Å². The third-order valence-corrected chi connectivity index (χ3v) is 5.16. The number of rotatable bonds is 6. The fourth-order valence-electron chi connectivity index (χ4n) is 3.24. The van der Waals surface area contributed by atoms with Gasteiger partial charge in [0.1, 0.15) is 5.82 Å². The Morgan fingerprint density at radius 2 is 1.94 bits per heavy atom. The number of nitrogens with zero attached hydrogens (tertiary/aromatic N) is 4. The first-order valence-electron chi connectivity index (χ1n) is 10.1. The van der Waals surface area contributed by atoms with Crippen molar-refractivity contribution in [3.63, 3.8) is 0 Å². The lowest BCUT2D eigenvalue weighted by molar-refractivity contribution is 0.102. The molecular weight excluding hydrogens is 411 g/mol. The lowest BCUT2D eigenvalue weighted by atomic mass is 10.1. The van der Waals surface area contributed by atoms with Gasteiger partial charge >= 0.3 is 0 Å². The first-order chi connectivity index (χ1) is 15.6. The second-order valence-electron chi connectivity index (χ2n) is 7.51. The van der Waals surface area contributed by atoms with Gasteiger partial charge < -0.3 is 10.1 Å². The lowest BCUT2D eigenvalue weighted by Crippen LogP contribution is -2.45. The molecule has 160 valence electrons. The van der Waals surface area contributed by atoms with Gasteiger partial charge in [-0.05, 0) is 30.3 Å². The van der Waals surface area contributed by atoms with Gasteiger partial charge in [-0.25, -0.2) is 19.3 Å². The maximum Gasteiger partial charge on any atom is 0.258 e. The van der Waals surface area contributed by atoms with Crippen molar-refractivity contribution in [2.45, 2.75) is 0 Å². The maximum atomic E-state index is 13.1. The summed E-state index contributed by atoms with van der Waals surface area (Å²) in [5.74, 6) is 0.304. The third kappa shape index (κ3) is 4.37. The van der Waals surface area contributed by atoms with E-state index in [9.17, 15) is 9.18 Å². The minimum atomic E-state index is -0.419. The zero-order chi connectivity index (χ0) is 21.9. The molecule has 0 radical (unpaired) electrons. The number of hydrogen-bond acceptors (Lipinski definition) is 7. The van der Waals surface area contributed by atoms with Crippen molar-refractivity contribution in [3.8, 4) is 17.1 Å². The second kappa shape index (κ2) is 8.64. The van der Waals surface area contributed by atoms with E-state index in [1.165, 1.54) is 24.3 Å². The zero-order valence-corrected chi connectivity index (χ0v) is 17.0. The van der Waals surface area contributed by atoms with E-state index in [1.54, 1.807) is 18.6 Å². The Balaban J connectivity index is 1.36. The van der Waals surface area contributed by atoms with Crippen molar-refractivity contribution in [1.82, 2.24) is 25.3 Å². The van der Waals surface area contributed by atoms with Crippen LogP contribution in [0.2, 0.25) is 0 Å². The van der Waals surface area contributed by atoms with Crippen LogP contribution in [0.3, 0.4) is 0 Å². The first-order valence-corrected chi connectivity index (χ1v) is 10.1. The average molecular weight is 430 g/mol. The van der Waals surface area contributed by atoms with Crippen LogP contribution < -0.4 is 15.4 Å². The molecule has 1 amide bonds. The summed E-state index contributed by atoms with van der Waals surface area (Å²) >= 11 is 0. The number of nitrogens with one attached hydrogen (secondary N) is 2. The maximum absolute atomic E-state index is 13.1. The number of aromatic nitrogens is 4. The minimum Gasteiger partial charge on any atom is -0.476 e. The Kier molecular flexibility index (Phi) is 5.39. The molecule has 4 aromatic rings. The molecule has 8 nitrogen and oxygen atoms in total. The molecule has 9 heteroatoms. The molecule has 0 spiro atoms. The van der Waals surface area contributed by atoms with E-state index in [2.05, 4.69) is 30.6 Å². The smallest absolute Gasteiger partial charge is 0.258 e. The van der Waals surface area contributed by atoms with E-state index >= 15 is 0 Å². The zero-order valence-electron chi connectivity index (χ0n) is 17.0. The Hall–Kier alpha value is -3.98. The molecule has 2 N–H and O–H groups in total. The predicted molar refractivity (Wildman–Crippen MR) is 117 cm³/mol. The monoisotopic (exact) mass is 430 g/mol. The molecule has 0 unspecified atom stereocenters. The normalized spacial score (nSPS) is 13.5. The van der Waals surface area contributed by atoms with Gasteiger partial charge in [0.05, 0.1) is 30.2 Å². The van der Waals surface area contributed by atoms with Crippen molar-refractivity contribution in [2.24, 2.45) is 5.92 Å². The summed E-state index contributed by atoms with van der Waals surface area (Å²) in [7, 11) is 0. The third-order valence-electron chi connectivity index (χ3n) is 5.16. The van der Waals surface area contributed by atoms with Crippen molar-refractivity contribution < 1.29 is 13.9 Å². The highest BCUT2D eigenvalue weighted by atomic mass is 19.1. The molecule has 32 heavy (non-hydrogen) atoms. The summed E-state index contributed by atoms with van der Waals surface area (Å²) in [4.78, 5) is 29.8. The molecule has 2 aromatic carbocycles. The Bertz CT molecular complexity index is 1280. The molecule has 1 fully saturated rings. The van der Waals surface area contributed by atoms with E-state index in [1.807, 2.05) is 18.2 Å². The summed E-state index contributed by atoms with van der Waals surface area (Å²) < 4.78 is 18.8. The van der Waals surface area contributed by atoms with Gasteiger partial charge in [0.25, 0.3) is 5.91 Å². The van der Waals surface area contributed by atoms with E-state index in [0.29, 0.717) is 35.2 Å². The minimum absolute atomic E-state index is 0.154. The number of hydrogen-bond donors (Lipinski definition) is 2. The number of carbonyl (C=O) groups excluding carboxylic acids is 1. The van der Waals surface area contributed by atoms with Crippen LogP contribution in [-0.2, 0) is 0 Å². The fourth-order valence-corrected chi connectivity index (χ4v) is 3.24. The standard InChI is InChI=1S/C23H19FN6O2/c24-18-5-3-15(4-6-18)22(31)30-23-27-10-17-2-1-16(7-19(17)29-23)20-11-26-12-21(28-20)32-13-14-8-25-9-14/h1-7,10-12,14,25H,8-9,13H2,(H,27,29,30,31). The van der Waals surface area contributed by atoms with Crippen LogP contribution in [-0.4, -0.2) is 45.5 Å². The van der Waals surface area contributed by atoms with Crippen LogP contribution in [0, 0.1) is 11.7 Å². The van der Waals surface area contributed by atoms with Crippen LogP contribution in [0.25, 0.3) is 22.2 Å². The van der Waals surface area contributed by atoms with Gasteiger partial charge in [0, 0.05) is 41.7 Å². The highest BCUT2D eigenvalue weighted by molar-refractivity contribution is 6.03. The SMILES string of the molecule is O=C(Nc1ncc2ccc(-c3cncc(OCC4CNC4)n3)cc2n1)c1ccc(F)cc1. The van der Waals surface area contributed by atoms with Crippen molar-refractivity contribution >= 4 is 22.8 Å². The summed E-state index contributed by atoms with van der Waals surface area (Å²) in [5.41, 5.74) is 2.43. The summed E-state index contributed by atoms with van der Waals surface area (Å²) in [5, 5.41) is 6.66. The molecule has 1 aliphatic rings. The van der Waals surface area contributed by atoms with Gasteiger partial charge in [0.15, 0.2) is 0 Å². The summed E-state index contributed by atoms with van der Waals surface area (Å²) in [6, 6.07) is 10.9. The second-order valence-corrected chi connectivity index (χ2v) is 7.51. The van der Waals surface area contributed by atoms with Crippen molar-refractivity contribution in [3.05, 3.63) is 72.4 Å². The van der Waals surface area contributed by atoms with Gasteiger partial charge in [-0.2, -0.15) is 0 Å². The fraction of sp³-hybridized carbons (Fsp3) is 0.174. The Morgan fingerprint density at radius 1 is 1.09 bits per heavy atom. The molecule has 0 bridgehead atoms. The predicted octanol–water partition coefficient (Wildman–Crippen LogP) is 3.08. The van der Waals surface area contributed by atoms with Gasteiger partial charge in [0.2, 0.25) is 11.8 Å². The van der Waals surface area contributed by atoms with E-state index < -0.39 is 11.7 Å². The number of amides is 1. The van der Waals surface area contributed by atoms with E-state index in [-0.39, 0.29) is 5.95 Å². The summed E-state index contributed by atoms with van der Waals surface area (Å²) in [6.45, 7) is 2.52. The topological polar surface area (TPSA) is 102 Å². The molecule has 5 rings (SSSR count). The van der Waals surface area contributed by atoms with Gasteiger partial charge in [-0.1, -0.05) is 12.1 Å². The molecule has 2 aromatic heterocycles. The largest absolute Gasteiger partial charge is 0.476 e. The molecule has 1 aliphatic heterocycles. The van der Waals surface area contributed by atoms with Gasteiger partial charge in [-0.15, -0.1) is 0 Å². The highest BCUT2D eigenvalue weighted by Gasteiger charge is 2.17. The van der Waals surface area contributed by atoms with E-state index in [4.69, 9.17) is 4.74 Å². The molecule has 0 aliphatic carbocycles. The summed E-state index contributed by atoms with van der Waals surface area (Å²) in [6.07, 6.45) is 4.89. The van der Waals surface area contributed by atoms with Gasteiger partial charge in [-0.3, -0.25) is 15.1 Å². The number of carbonyl (C=O) groups is 1. The molecule has 3 heterocycles. The molecular formula is C23H19FN6O2. The van der Waals surface area contributed by atoms with Crippen LogP contribution in [0.4, 0.5) is 10.3 Å². The Morgan fingerprint density at radius 3 is 2.72 bits per heavy atom. The first kappa shape index (κ1) is 20.0. The number of halogens is 1. The van der Waals surface area contributed by atoms with Crippen LogP contribution in [0.1, 0.15) is 10.4 Å². The number of benzene rings is 2. The lowest BCUT2D eigenvalue weighted by Gasteiger charge is -2.26. The quantitative estimate of drug-likeness (QED) is 0.485. The van der Waals surface area contributed by atoms with Crippen molar-refractivity contribution in [2.75, 3.05) is 25.0 Å². The molecule has 0 saturated carbocycles.